The number of nitrogens with two attached hydrogens (primary N) is 3. The maximum Gasteiger partial charge on any atom is 0.472 e. The predicted octanol–water partition coefficient (Wildman–Crippen LogP) is 0.292. The summed E-state index contributed by atoms with van der Waals surface area (Å²) in [5.74, 6) is -1.15. The van der Waals surface area contributed by atoms with Crippen molar-refractivity contribution in [1.29, 1.82) is 0 Å². The molecule has 5 unspecified atom stereocenters. The van der Waals surface area contributed by atoms with Gasteiger partial charge >= 0.3 is 33.4 Å². The van der Waals surface area contributed by atoms with Crippen LogP contribution in [0.1, 0.15) is 37.3 Å². The highest BCUT2D eigenvalue weighted by Gasteiger charge is 2.50. The second-order valence-electron chi connectivity index (χ2n) is 13.7. The van der Waals surface area contributed by atoms with Crippen molar-refractivity contribution < 1.29 is 71.0 Å². The molecule has 29 nitrogen and oxygen atoms in total. The van der Waals surface area contributed by atoms with Gasteiger partial charge < -0.3 is 61.3 Å². The van der Waals surface area contributed by atoms with Gasteiger partial charge in [-0.2, -0.15) is 4.98 Å². The van der Waals surface area contributed by atoms with Crippen molar-refractivity contribution in [3.05, 3.63) is 75.7 Å². The van der Waals surface area contributed by atoms with E-state index in [0.29, 0.717) is 5.56 Å². The lowest BCUT2D eigenvalue weighted by molar-refractivity contribution is -0.158. The number of alkyl carbamates (subject to hydrolysis) is 1. The molecule has 340 valence electrons. The number of azide groups is 1. The lowest BCUT2D eigenvalue weighted by Crippen LogP contribution is -2.43. The van der Waals surface area contributed by atoms with E-state index in [4.69, 9.17) is 50.7 Å². The van der Waals surface area contributed by atoms with Gasteiger partial charge in [0.15, 0.2) is 23.8 Å². The summed E-state index contributed by atoms with van der Waals surface area (Å²) in [5.41, 5.74) is 26.4. The van der Waals surface area contributed by atoms with Crippen LogP contribution in [0.25, 0.3) is 21.6 Å². The molecule has 3 aromatic heterocycles. The Morgan fingerprint density at radius 1 is 1.06 bits per heavy atom. The van der Waals surface area contributed by atoms with Crippen LogP contribution in [-0.4, -0.2) is 117 Å². The van der Waals surface area contributed by atoms with Gasteiger partial charge in [-0.3, -0.25) is 27.5 Å². The number of fused-ring (bicyclic) bond motifs is 1. The molecule has 4 aromatic rings. The molecule has 1 amide bonds. The van der Waals surface area contributed by atoms with E-state index in [1.807, 2.05) is 0 Å². The zero-order valence-corrected chi connectivity index (χ0v) is 34.3. The van der Waals surface area contributed by atoms with Gasteiger partial charge in [0.1, 0.15) is 61.0 Å². The molecule has 0 bridgehead atoms. The van der Waals surface area contributed by atoms with Crippen LogP contribution in [0.2, 0.25) is 0 Å². The number of hydrogen-bond acceptors (Lipinski definition) is 21. The second kappa shape index (κ2) is 20.2. The highest BCUT2D eigenvalue weighted by Crippen LogP contribution is 2.50. The average molecular weight is 926 g/mol. The summed E-state index contributed by atoms with van der Waals surface area (Å²) in [4.78, 5) is 85.9. The van der Waals surface area contributed by atoms with Gasteiger partial charge in [0.05, 0.1) is 19.5 Å². The largest absolute Gasteiger partial charge is 0.472 e. The van der Waals surface area contributed by atoms with E-state index >= 15 is 0 Å². The SMILES string of the molecule is [N-]=[N+]=Nc1ccccc1COC(=O)NCCC[C@@H](N)C(=O)OC1C(COP(=O)(O)O[C@H]2C[C@H](n3ccc(N)nc3=O)O[C@H]2COP(=O)(O)O)OC(n2cnc3c(N)ncnc32)C1O. The summed E-state index contributed by atoms with van der Waals surface area (Å²) < 4.78 is 64.7. The number of nitrogens with one attached hydrogen (secondary N) is 1. The normalized spacial score (nSPS) is 23.7. The van der Waals surface area contributed by atoms with E-state index in [2.05, 4.69) is 39.8 Å². The Labute approximate surface area is 353 Å². The summed E-state index contributed by atoms with van der Waals surface area (Å²) in [7, 11) is -10.3. The maximum atomic E-state index is 13.4. The van der Waals surface area contributed by atoms with E-state index in [1.54, 1.807) is 24.3 Å². The Kier molecular flexibility index (Phi) is 15.1. The van der Waals surface area contributed by atoms with Crippen LogP contribution in [-0.2, 0) is 53.1 Å². The Morgan fingerprint density at radius 3 is 2.57 bits per heavy atom. The zero-order valence-electron chi connectivity index (χ0n) is 32.5. The van der Waals surface area contributed by atoms with E-state index < -0.39 is 95.6 Å². The van der Waals surface area contributed by atoms with Gasteiger partial charge in [0.2, 0.25) is 0 Å². The van der Waals surface area contributed by atoms with Crippen molar-refractivity contribution >= 4 is 56.2 Å². The highest BCUT2D eigenvalue weighted by molar-refractivity contribution is 7.47. The van der Waals surface area contributed by atoms with Crippen molar-refractivity contribution in [2.75, 3.05) is 31.2 Å². The van der Waals surface area contributed by atoms with Crippen LogP contribution in [0, 0.1) is 0 Å². The van der Waals surface area contributed by atoms with Gasteiger partial charge in [-0.1, -0.05) is 29.4 Å². The highest BCUT2D eigenvalue weighted by atomic mass is 31.2. The number of phosphoric acid groups is 2. The van der Waals surface area contributed by atoms with Crippen molar-refractivity contribution in [1.82, 2.24) is 34.4 Å². The Balaban J connectivity index is 1.10. The van der Waals surface area contributed by atoms with Gasteiger partial charge in [0.25, 0.3) is 0 Å². The molecule has 2 saturated heterocycles. The Bertz CT molecular complexity index is 2480. The molecule has 0 radical (unpaired) electrons. The minimum Gasteiger partial charge on any atom is -0.455 e. The van der Waals surface area contributed by atoms with Gasteiger partial charge in [0, 0.05) is 29.8 Å². The number of aromatic nitrogens is 6. The minimum atomic E-state index is -5.21. The molecule has 2 fully saturated rings. The molecular formula is C32H41N13O16P2. The Morgan fingerprint density at radius 2 is 1.83 bits per heavy atom. The summed E-state index contributed by atoms with van der Waals surface area (Å²) in [6, 6.07) is 6.45. The minimum absolute atomic E-state index is 0.00277. The fraction of sp³-hybridized carbons (Fsp3) is 0.469. The van der Waals surface area contributed by atoms with E-state index in [1.165, 1.54) is 23.2 Å². The number of benzene rings is 1. The molecule has 5 heterocycles. The van der Waals surface area contributed by atoms with Crippen molar-refractivity contribution in [3.63, 3.8) is 0 Å². The second-order valence-corrected chi connectivity index (χ2v) is 16.4. The number of aliphatic hydroxyl groups excluding tert-OH is 1. The lowest BCUT2D eigenvalue weighted by Gasteiger charge is -2.24. The molecule has 2 aliphatic rings. The van der Waals surface area contributed by atoms with Crippen molar-refractivity contribution in [3.8, 4) is 0 Å². The van der Waals surface area contributed by atoms with Crippen LogP contribution in [0.3, 0.4) is 0 Å². The fourth-order valence-corrected chi connectivity index (χ4v) is 7.73. The first-order valence-corrected chi connectivity index (χ1v) is 21.6. The predicted molar refractivity (Wildman–Crippen MR) is 210 cm³/mol. The summed E-state index contributed by atoms with van der Waals surface area (Å²) in [5, 5.41) is 17.5. The van der Waals surface area contributed by atoms with E-state index in [9.17, 15) is 43.3 Å². The molecular weight excluding hydrogens is 884 g/mol. The molecule has 63 heavy (non-hydrogen) atoms. The topological polar surface area (TPSA) is 431 Å². The van der Waals surface area contributed by atoms with Crippen LogP contribution in [0.15, 0.2) is 59.1 Å². The first-order valence-electron chi connectivity index (χ1n) is 18.5. The van der Waals surface area contributed by atoms with Crippen molar-refractivity contribution in [2.45, 2.75) is 74.9 Å². The number of imidazole rings is 1. The molecule has 1 aromatic carbocycles. The van der Waals surface area contributed by atoms with E-state index in [-0.39, 0.29) is 60.9 Å². The number of aliphatic hydroxyl groups is 1. The molecule has 2 aliphatic heterocycles. The standard InChI is InChI=1S/C32H41N13O16P2/c33-17(5-3-8-37-32(49)55-11-16-4-1-2-6-18(16)42-43-36)30(47)60-26-21(59-29(25(26)46)45-15-40-24-27(35)38-14-39-28(24)45)13-57-63(53,54)61-19-10-23(44-9-7-22(34)41-31(44)48)58-20(19)12-56-62(50,51)52/h1-2,4,6-7,9,14-15,17,19-21,23,25-26,29,46H,3,5,8,10-13,33H2,(H,37,49)(H,53,54)(H2,34,41,48)(H2,35,38,39)(H2,50,51,52)/t17-,19+,20+,21?,23-,25?,26?,29?/m1/s1. The first-order chi connectivity index (χ1) is 29.9. The molecule has 0 spiro atoms. The number of nitrogen functional groups attached to an aromatic ring is 2. The molecule has 11 N–H and O–H groups in total. The van der Waals surface area contributed by atoms with Gasteiger partial charge in [-0.15, -0.1) is 0 Å². The fourth-order valence-electron chi connectivity index (χ4n) is 6.43. The molecule has 31 heteroatoms. The number of hydrogen-bond donors (Lipinski definition) is 8. The first kappa shape index (κ1) is 46.9. The number of carbonyl (C=O) groups excluding carboxylic acids is 2. The van der Waals surface area contributed by atoms with Gasteiger partial charge in [-0.25, -0.2) is 33.7 Å². The number of anilines is 2. The van der Waals surface area contributed by atoms with E-state index in [0.717, 1.165) is 10.9 Å². The van der Waals surface area contributed by atoms with Crippen LogP contribution in [0.4, 0.5) is 22.1 Å². The summed E-state index contributed by atoms with van der Waals surface area (Å²) in [6.07, 6.45) is -7.90. The smallest absolute Gasteiger partial charge is 0.455 e. The quantitative estimate of drug-likeness (QED) is 0.0156. The molecule has 0 saturated carbocycles. The zero-order chi connectivity index (χ0) is 45.5. The monoisotopic (exact) mass is 925 g/mol. The molecule has 9 atom stereocenters. The number of esters is 1. The Hall–Kier alpha value is -5.64. The van der Waals surface area contributed by atoms with Crippen LogP contribution < -0.4 is 28.2 Å². The lowest BCUT2D eigenvalue weighted by atomic mass is 10.1. The number of ether oxygens (including phenoxy) is 4. The number of nitrogens with zero attached hydrogens (tertiary/aromatic N) is 9. The number of phosphoric ester groups is 2. The number of rotatable bonds is 19. The van der Waals surface area contributed by atoms with Crippen molar-refractivity contribution in [2.24, 2.45) is 10.8 Å². The molecule has 0 aliphatic carbocycles. The van der Waals surface area contributed by atoms with Gasteiger partial charge in [-0.05, 0) is 30.0 Å². The molecule has 6 rings (SSSR count). The third kappa shape index (κ3) is 12.1. The number of amides is 1. The average Bonchev–Trinajstić information content (AvgIpc) is 3.92. The third-order valence-electron chi connectivity index (χ3n) is 9.41. The maximum absolute atomic E-state index is 13.4. The third-order valence-corrected chi connectivity index (χ3v) is 10.9. The van der Waals surface area contributed by atoms with Crippen LogP contribution >= 0.6 is 15.6 Å². The summed E-state index contributed by atoms with van der Waals surface area (Å²) >= 11 is 0. The summed E-state index contributed by atoms with van der Waals surface area (Å²) in [6.45, 7) is -1.92. The van der Waals surface area contributed by atoms with Crippen LogP contribution in [0.5, 0.6) is 0 Å². The number of carbonyl (C=O) groups is 2.